The summed E-state index contributed by atoms with van der Waals surface area (Å²) >= 11 is 1.41. The Hall–Kier alpha value is -3.46. The highest BCUT2D eigenvalue weighted by Crippen LogP contribution is 2.34. The van der Waals surface area contributed by atoms with Crippen molar-refractivity contribution in [2.45, 2.75) is 31.2 Å². The van der Waals surface area contributed by atoms with Crippen molar-refractivity contribution in [3.05, 3.63) is 69.8 Å². The molecule has 0 amide bonds. The molecule has 0 bridgehead atoms. The first-order valence-electron chi connectivity index (χ1n) is 10.2. The van der Waals surface area contributed by atoms with Crippen LogP contribution in [-0.2, 0) is 0 Å². The molecule has 0 aliphatic rings. The lowest BCUT2D eigenvalue weighted by atomic mass is 10.1. The molecular weight excluding hydrogens is 422 g/mol. The first kappa shape index (κ1) is 21.8. The number of nitrogens with zero attached hydrogens (tertiary/aromatic N) is 6. The zero-order valence-electron chi connectivity index (χ0n) is 18.7. The lowest BCUT2D eigenvalue weighted by molar-refractivity contribution is 0.805. The number of para-hydroxylation sites is 1. The Morgan fingerprint density at radius 3 is 2.47 bits per heavy atom. The Kier molecular flexibility index (Phi) is 5.84. The molecule has 0 spiro atoms. The molecule has 8 nitrogen and oxygen atoms in total. The minimum absolute atomic E-state index is 0.113. The number of thioether (sulfide) groups is 1. The van der Waals surface area contributed by atoms with Crippen molar-refractivity contribution in [3.8, 4) is 5.69 Å². The number of benzene rings is 2. The molecule has 0 fully saturated rings. The Labute approximate surface area is 190 Å². The van der Waals surface area contributed by atoms with Gasteiger partial charge < -0.3 is 10.6 Å². The van der Waals surface area contributed by atoms with E-state index in [1.165, 1.54) is 11.8 Å². The number of aromatic nitrogens is 5. The smallest absolute Gasteiger partial charge is 0.266 e. The molecule has 2 aromatic heterocycles. The molecule has 2 heterocycles. The second kappa shape index (κ2) is 8.58. The largest absolute Gasteiger partial charge is 0.368 e. The minimum Gasteiger partial charge on any atom is -0.368 e. The summed E-state index contributed by atoms with van der Waals surface area (Å²) in [5, 5.41) is 0.918. The Morgan fingerprint density at radius 1 is 1.00 bits per heavy atom. The molecule has 4 aromatic rings. The van der Waals surface area contributed by atoms with Gasteiger partial charge in [-0.25, -0.2) is 4.98 Å². The monoisotopic (exact) mass is 447 g/mol. The maximum absolute atomic E-state index is 13.5. The molecule has 1 atom stereocenters. The Morgan fingerprint density at radius 2 is 1.75 bits per heavy atom. The summed E-state index contributed by atoms with van der Waals surface area (Å²) in [5.41, 5.74) is 9.49. The lowest BCUT2D eigenvalue weighted by Gasteiger charge is -2.18. The van der Waals surface area contributed by atoms with Gasteiger partial charge in [0, 0.05) is 14.1 Å². The Balaban J connectivity index is 1.86. The van der Waals surface area contributed by atoms with Crippen molar-refractivity contribution in [3.63, 3.8) is 0 Å². The van der Waals surface area contributed by atoms with E-state index in [1.807, 2.05) is 71.3 Å². The van der Waals surface area contributed by atoms with E-state index >= 15 is 0 Å². The number of fused-ring (bicyclic) bond motifs is 1. The second-order valence-electron chi connectivity index (χ2n) is 7.83. The zero-order chi connectivity index (χ0) is 23.0. The maximum atomic E-state index is 13.5. The predicted molar refractivity (Wildman–Crippen MR) is 130 cm³/mol. The van der Waals surface area contributed by atoms with Crippen LogP contribution in [0.3, 0.4) is 0 Å². The Bertz CT molecular complexity index is 1370. The zero-order valence-corrected chi connectivity index (χ0v) is 19.5. The molecule has 0 aliphatic carbocycles. The highest BCUT2D eigenvalue weighted by molar-refractivity contribution is 7.99. The van der Waals surface area contributed by atoms with Gasteiger partial charge in [-0.3, -0.25) is 9.36 Å². The van der Waals surface area contributed by atoms with Crippen molar-refractivity contribution >= 4 is 34.6 Å². The number of anilines is 2. The summed E-state index contributed by atoms with van der Waals surface area (Å²) in [5.74, 6) is 1.17. The third-order valence-corrected chi connectivity index (χ3v) is 6.25. The fraction of sp³-hybridized carbons (Fsp3) is 0.261. The third kappa shape index (κ3) is 4.16. The van der Waals surface area contributed by atoms with Gasteiger partial charge in [0.15, 0.2) is 5.16 Å². The number of aryl methyl sites for hydroxylation is 2. The summed E-state index contributed by atoms with van der Waals surface area (Å²) in [6.45, 7) is 6.04. The van der Waals surface area contributed by atoms with Crippen LogP contribution in [0.5, 0.6) is 0 Å². The molecule has 164 valence electrons. The molecule has 4 rings (SSSR count). The predicted octanol–water partition coefficient (Wildman–Crippen LogP) is 3.69. The van der Waals surface area contributed by atoms with Gasteiger partial charge in [0.05, 0.1) is 21.8 Å². The average molecular weight is 448 g/mol. The quantitative estimate of drug-likeness (QED) is 0.365. The third-order valence-electron chi connectivity index (χ3n) is 5.20. The minimum atomic E-state index is -0.218. The summed E-state index contributed by atoms with van der Waals surface area (Å²) in [7, 11) is 3.69. The van der Waals surface area contributed by atoms with Gasteiger partial charge in [0.25, 0.3) is 5.56 Å². The van der Waals surface area contributed by atoms with E-state index in [2.05, 4.69) is 15.0 Å². The summed E-state index contributed by atoms with van der Waals surface area (Å²) in [6, 6.07) is 13.3. The molecule has 0 saturated carbocycles. The molecule has 2 N–H and O–H groups in total. The van der Waals surface area contributed by atoms with E-state index in [0.29, 0.717) is 27.8 Å². The van der Waals surface area contributed by atoms with Crippen molar-refractivity contribution in [2.24, 2.45) is 0 Å². The fourth-order valence-corrected chi connectivity index (χ4v) is 4.25. The molecule has 9 heteroatoms. The molecule has 0 radical (unpaired) electrons. The summed E-state index contributed by atoms with van der Waals surface area (Å²) in [4.78, 5) is 33.1. The fourth-order valence-electron chi connectivity index (χ4n) is 3.27. The van der Waals surface area contributed by atoms with Gasteiger partial charge >= 0.3 is 0 Å². The van der Waals surface area contributed by atoms with Crippen LogP contribution in [0.15, 0.2) is 52.4 Å². The van der Waals surface area contributed by atoms with Crippen molar-refractivity contribution < 1.29 is 0 Å². The molecule has 0 unspecified atom stereocenters. The summed E-state index contributed by atoms with van der Waals surface area (Å²) in [6.07, 6.45) is 0. The SMILES string of the molecule is Cc1ccc(-n2c(S[C@@H](C)c3nc(N)nc(N(C)C)n3)nc3ccccc3c2=O)cc1C. The molecular formula is C23H25N7OS. The highest BCUT2D eigenvalue weighted by atomic mass is 32.2. The van der Waals surface area contributed by atoms with E-state index in [1.54, 1.807) is 15.5 Å². The van der Waals surface area contributed by atoms with E-state index in [9.17, 15) is 4.79 Å². The summed E-state index contributed by atoms with van der Waals surface area (Å²) < 4.78 is 1.66. The molecule has 0 saturated heterocycles. The first-order valence-corrected chi connectivity index (χ1v) is 11.1. The highest BCUT2D eigenvalue weighted by Gasteiger charge is 2.20. The molecule has 0 aliphatic heterocycles. The standard InChI is InChI=1S/C23H25N7OS/c1-13-10-11-16(12-14(13)2)30-20(31)17-8-6-7-9-18(17)25-23(30)32-15(3)19-26-21(24)28-22(27-19)29(4)5/h6-12,15H,1-5H3,(H2,24,26,27,28)/t15-/m0/s1. The van der Waals surface area contributed by atoms with Crippen molar-refractivity contribution in [1.29, 1.82) is 0 Å². The van der Waals surface area contributed by atoms with Crippen LogP contribution in [0, 0.1) is 13.8 Å². The van der Waals surface area contributed by atoms with Crippen molar-refractivity contribution in [1.82, 2.24) is 24.5 Å². The number of hydrogen-bond donors (Lipinski definition) is 1. The second-order valence-corrected chi connectivity index (χ2v) is 9.13. The van der Waals surface area contributed by atoms with Crippen LogP contribution in [-0.4, -0.2) is 38.6 Å². The van der Waals surface area contributed by atoms with Gasteiger partial charge in [-0.1, -0.05) is 30.0 Å². The van der Waals surface area contributed by atoms with E-state index in [0.717, 1.165) is 16.8 Å². The van der Waals surface area contributed by atoms with Gasteiger partial charge in [0.2, 0.25) is 11.9 Å². The van der Waals surface area contributed by atoms with Crippen LogP contribution in [0.25, 0.3) is 16.6 Å². The van der Waals surface area contributed by atoms with Crippen LogP contribution >= 0.6 is 11.8 Å². The number of nitrogen functional groups attached to an aromatic ring is 1. The van der Waals surface area contributed by atoms with Gasteiger partial charge in [-0.2, -0.15) is 15.0 Å². The topological polar surface area (TPSA) is 103 Å². The number of nitrogens with two attached hydrogens (primary N) is 1. The molecule has 2 aromatic carbocycles. The lowest BCUT2D eigenvalue weighted by Crippen LogP contribution is -2.22. The van der Waals surface area contributed by atoms with Gasteiger partial charge in [-0.15, -0.1) is 0 Å². The first-order chi connectivity index (χ1) is 15.2. The van der Waals surface area contributed by atoms with Gasteiger partial charge in [-0.05, 0) is 56.2 Å². The van der Waals surface area contributed by atoms with Crippen LogP contribution in [0.4, 0.5) is 11.9 Å². The maximum Gasteiger partial charge on any atom is 0.266 e. The van der Waals surface area contributed by atoms with Crippen LogP contribution < -0.4 is 16.2 Å². The van der Waals surface area contributed by atoms with E-state index < -0.39 is 0 Å². The van der Waals surface area contributed by atoms with E-state index in [4.69, 9.17) is 10.7 Å². The van der Waals surface area contributed by atoms with Crippen LogP contribution in [0.1, 0.15) is 29.1 Å². The molecule has 32 heavy (non-hydrogen) atoms. The van der Waals surface area contributed by atoms with Crippen LogP contribution in [0.2, 0.25) is 0 Å². The van der Waals surface area contributed by atoms with Gasteiger partial charge in [0.1, 0.15) is 5.82 Å². The normalized spacial score (nSPS) is 12.2. The number of hydrogen-bond acceptors (Lipinski definition) is 8. The van der Waals surface area contributed by atoms with E-state index in [-0.39, 0.29) is 16.8 Å². The average Bonchev–Trinajstić information content (AvgIpc) is 2.75. The van der Waals surface area contributed by atoms with Crippen molar-refractivity contribution in [2.75, 3.05) is 24.7 Å². The number of rotatable bonds is 5.